The molecule has 1 amide bonds. The fourth-order valence-electron chi connectivity index (χ4n) is 2.70. The Morgan fingerprint density at radius 3 is 2.46 bits per heavy atom. The molecule has 0 bridgehead atoms. The number of rotatable bonds is 4. The van der Waals surface area contributed by atoms with Crippen molar-refractivity contribution in [2.24, 2.45) is 0 Å². The van der Waals surface area contributed by atoms with Gasteiger partial charge in [0, 0.05) is 6.54 Å². The Morgan fingerprint density at radius 1 is 1.12 bits per heavy atom. The molecule has 1 aromatic heterocycles. The minimum absolute atomic E-state index is 0.205. The second-order valence-electron chi connectivity index (χ2n) is 6.38. The van der Waals surface area contributed by atoms with Crippen LogP contribution in [0.3, 0.4) is 0 Å². The molecule has 0 spiro atoms. The summed E-state index contributed by atoms with van der Waals surface area (Å²) in [6.07, 6.45) is 0. The fraction of sp³-hybridized carbons (Fsp3) is 0.200. The molecule has 0 atom stereocenters. The van der Waals surface area contributed by atoms with Gasteiger partial charge in [-0.1, -0.05) is 53.3 Å². The van der Waals surface area contributed by atoms with Crippen LogP contribution in [0.15, 0.2) is 42.5 Å². The number of hydrogen-bond acceptors (Lipinski definition) is 4. The van der Waals surface area contributed by atoms with Crippen LogP contribution in [0.2, 0.25) is 0 Å². The first-order valence-electron chi connectivity index (χ1n) is 8.29. The summed E-state index contributed by atoms with van der Waals surface area (Å²) in [5.41, 5.74) is 11.6. The Hall–Kier alpha value is -2.44. The number of amides is 1. The molecule has 0 aliphatic carbocycles. The van der Waals surface area contributed by atoms with Crippen LogP contribution >= 0.6 is 23.6 Å². The van der Waals surface area contributed by atoms with Crippen molar-refractivity contribution in [1.29, 1.82) is 0 Å². The zero-order valence-corrected chi connectivity index (χ0v) is 16.6. The van der Waals surface area contributed by atoms with E-state index in [1.54, 1.807) is 4.57 Å². The molecule has 26 heavy (non-hydrogen) atoms. The predicted octanol–water partition coefficient (Wildman–Crippen LogP) is 4.71. The lowest BCUT2D eigenvalue weighted by Crippen LogP contribution is -2.23. The van der Waals surface area contributed by atoms with Crippen LogP contribution in [0.4, 0.5) is 5.82 Å². The van der Waals surface area contributed by atoms with Crippen molar-refractivity contribution in [3.63, 3.8) is 0 Å². The first kappa shape index (κ1) is 18.4. The fourth-order valence-corrected chi connectivity index (χ4v) is 3.97. The summed E-state index contributed by atoms with van der Waals surface area (Å²) in [7, 11) is 0. The van der Waals surface area contributed by atoms with Crippen LogP contribution < -0.4 is 11.1 Å². The summed E-state index contributed by atoms with van der Waals surface area (Å²) in [5.74, 6) is 0.179. The van der Waals surface area contributed by atoms with E-state index >= 15 is 0 Å². The average Bonchev–Trinajstić information content (AvgIpc) is 2.91. The van der Waals surface area contributed by atoms with Crippen molar-refractivity contribution in [2.75, 3.05) is 5.73 Å². The summed E-state index contributed by atoms with van der Waals surface area (Å²) in [4.78, 5) is 13.1. The van der Waals surface area contributed by atoms with Crippen molar-refractivity contribution in [3.05, 3.63) is 73.5 Å². The van der Waals surface area contributed by atoms with Gasteiger partial charge in [-0.25, -0.2) is 0 Å². The lowest BCUT2D eigenvalue weighted by atomic mass is 10.1. The van der Waals surface area contributed by atoms with Crippen LogP contribution in [0.25, 0.3) is 5.69 Å². The standard InChI is InChI=1S/C20H21N3OS2/c1-12-5-8-15(9-6-12)11-22-19(24)17-18(21)23(20(25)26-17)16-10-13(2)4-7-14(16)3/h4-10H,11,21H2,1-3H3,(H,22,24). The van der Waals surface area contributed by atoms with E-state index in [9.17, 15) is 4.79 Å². The quantitative estimate of drug-likeness (QED) is 0.642. The Kier molecular flexibility index (Phi) is 5.25. The molecule has 0 aliphatic heterocycles. The highest BCUT2D eigenvalue weighted by Gasteiger charge is 2.18. The molecule has 6 heteroatoms. The van der Waals surface area contributed by atoms with E-state index in [0.717, 1.165) is 22.4 Å². The first-order valence-corrected chi connectivity index (χ1v) is 9.52. The zero-order valence-electron chi connectivity index (χ0n) is 15.0. The summed E-state index contributed by atoms with van der Waals surface area (Å²) >= 11 is 6.71. The number of nitrogen functional groups attached to an aromatic ring is 1. The Bertz CT molecular complexity index is 1020. The van der Waals surface area contributed by atoms with E-state index in [1.807, 2.05) is 63.2 Å². The smallest absolute Gasteiger partial charge is 0.265 e. The minimum Gasteiger partial charge on any atom is -0.383 e. The summed E-state index contributed by atoms with van der Waals surface area (Å²) in [6, 6.07) is 14.2. The monoisotopic (exact) mass is 383 g/mol. The van der Waals surface area contributed by atoms with E-state index in [0.29, 0.717) is 21.2 Å². The van der Waals surface area contributed by atoms with E-state index in [4.69, 9.17) is 18.0 Å². The maximum atomic E-state index is 12.6. The van der Waals surface area contributed by atoms with Crippen LogP contribution in [0.1, 0.15) is 31.9 Å². The van der Waals surface area contributed by atoms with Crippen LogP contribution in [-0.4, -0.2) is 10.5 Å². The highest BCUT2D eigenvalue weighted by atomic mass is 32.1. The Morgan fingerprint density at radius 2 is 1.77 bits per heavy atom. The largest absolute Gasteiger partial charge is 0.383 e. The number of nitrogens with two attached hydrogens (primary N) is 1. The zero-order chi connectivity index (χ0) is 18.8. The van der Waals surface area contributed by atoms with E-state index < -0.39 is 0 Å². The van der Waals surface area contributed by atoms with E-state index in [-0.39, 0.29) is 5.91 Å². The topological polar surface area (TPSA) is 60.0 Å². The highest BCUT2D eigenvalue weighted by molar-refractivity contribution is 7.73. The third kappa shape index (κ3) is 3.71. The van der Waals surface area contributed by atoms with Crippen molar-refractivity contribution in [3.8, 4) is 5.69 Å². The van der Waals surface area contributed by atoms with Gasteiger partial charge >= 0.3 is 0 Å². The number of thiazole rings is 1. The molecule has 0 aliphatic rings. The SMILES string of the molecule is Cc1ccc(CNC(=O)c2sc(=S)n(-c3cc(C)ccc3C)c2N)cc1. The number of benzene rings is 2. The van der Waals surface area contributed by atoms with Crippen molar-refractivity contribution >= 4 is 35.3 Å². The lowest BCUT2D eigenvalue weighted by Gasteiger charge is -2.11. The summed E-state index contributed by atoms with van der Waals surface area (Å²) in [5, 5.41) is 2.93. The molecule has 1 heterocycles. The van der Waals surface area contributed by atoms with Gasteiger partial charge in [-0.05, 0) is 55.7 Å². The summed E-state index contributed by atoms with van der Waals surface area (Å²) < 4.78 is 2.35. The number of hydrogen-bond donors (Lipinski definition) is 2. The van der Waals surface area contributed by atoms with Crippen molar-refractivity contribution in [2.45, 2.75) is 27.3 Å². The minimum atomic E-state index is -0.205. The highest BCUT2D eigenvalue weighted by Crippen LogP contribution is 2.28. The van der Waals surface area contributed by atoms with Gasteiger partial charge in [-0.2, -0.15) is 0 Å². The maximum Gasteiger partial charge on any atom is 0.265 e. The number of carbonyl (C=O) groups is 1. The average molecular weight is 384 g/mol. The lowest BCUT2D eigenvalue weighted by molar-refractivity contribution is 0.0955. The molecule has 0 radical (unpaired) electrons. The van der Waals surface area contributed by atoms with Gasteiger partial charge in [0.05, 0.1) is 5.69 Å². The molecular weight excluding hydrogens is 362 g/mol. The van der Waals surface area contributed by atoms with Gasteiger partial charge in [-0.15, -0.1) is 0 Å². The molecule has 4 nitrogen and oxygen atoms in total. The molecule has 3 rings (SSSR count). The number of aryl methyl sites for hydroxylation is 3. The predicted molar refractivity (Wildman–Crippen MR) is 111 cm³/mol. The molecular formula is C20H21N3OS2. The van der Waals surface area contributed by atoms with Gasteiger partial charge in [0.2, 0.25) is 0 Å². The number of anilines is 1. The molecule has 0 saturated heterocycles. The molecule has 0 saturated carbocycles. The van der Waals surface area contributed by atoms with Gasteiger partial charge < -0.3 is 11.1 Å². The van der Waals surface area contributed by atoms with Crippen LogP contribution in [0.5, 0.6) is 0 Å². The third-order valence-corrected chi connectivity index (χ3v) is 5.62. The molecule has 3 N–H and O–H groups in total. The van der Waals surface area contributed by atoms with Crippen LogP contribution in [-0.2, 0) is 6.54 Å². The molecule has 0 unspecified atom stereocenters. The molecule has 0 fully saturated rings. The number of carbonyl (C=O) groups excluding carboxylic acids is 1. The molecule has 3 aromatic rings. The normalized spacial score (nSPS) is 10.7. The Labute approximate surface area is 162 Å². The van der Waals surface area contributed by atoms with Crippen molar-refractivity contribution in [1.82, 2.24) is 9.88 Å². The Balaban J connectivity index is 1.87. The van der Waals surface area contributed by atoms with E-state index in [1.165, 1.54) is 16.9 Å². The molecule has 2 aromatic carbocycles. The second-order valence-corrected chi connectivity index (χ2v) is 8.02. The van der Waals surface area contributed by atoms with Gasteiger partial charge in [-0.3, -0.25) is 9.36 Å². The second kappa shape index (κ2) is 7.43. The first-order chi connectivity index (χ1) is 12.4. The summed E-state index contributed by atoms with van der Waals surface area (Å²) in [6.45, 7) is 6.51. The number of nitrogens with one attached hydrogen (secondary N) is 1. The third-order valence-electron chi connectivity index (χ3n) is 4.23. The van der Waals surface area contributed by atoms with Gasteiger partial charge in [0.1, 0.15) is 10.7 Å². The number of aromatic nitrogens is 1. The van der Waals surface area contributed by atoms with Gasteiger partial charge in [0.25, 0.3) is 5.91 Å². The maximum absolute atomic E-state index is 12.6. The molecule has 134 valence electrons. The number of nitrogens with zero attached hydrogens (tertiary/aromatic N) is 1. The van der Waals surface area contributed by atoms with E-state index in [2.05, 4.69) is 5.32 Å². The van der Waals surface area contributed by atoms with Gasteiger partial charge in [0.15, 0.2) is 3.95 Å². The van der Waals surface area contributed by atoms with Crippen molar-refractivity contribution < 1.29 is 4.79 Å². The van der Waals surface area contributed by atoms with Crippen LogP contribution in [0, 0.1) is 24.7 Å².